The first-order chi connectivity index (χ1) is 15.7. The first-order valence-corrected chi connectivity index (χ1v) is 13.8. The highest BCUT2D eigenvalue weighted by Crippen LogP contribution is 2.70. The van der Waals surface area contributed by atoms with Crippen LogP contribution in [-0.2, 0) is 4.79 Å². The number of aliphatic carboxylic acids is 1. The van der Waals surface area contributed by atoms with E-state index in [-0.39, 0.29) is 35.5 Å². The summed E-state index contributed by atoms with van der Waals surface area (Å²) in [7, 11) is 0. The number of fused-ring (bicyclic) bond motifs is 5. The second-order valence-corrected chi connectivity index (χ2v) is 13.4. The molecule has 1 unspecified atom stereocenters. The normalized spacial score (nSPS) is 44.6. The molecule has 34 heavy (non-hydrogen) atoms. The van der Waals surface area contributed by atoms with E-state index in [0.717, 1.165) is 51.4 Å². The molecule has 4 fully saturated rings. The average molecular weight is 481 g/mol. The summed E-state index contributed by atoms with van der Waals surface area (Å²) in [6.45, 7) is 10.6. The molecule has 9 atom stereocenters. The number of hydrogen-bond acceptors (Lipinski definition) is 5. The Hall–Kier alpha value is -0.690. The van der Waals surface area contributed by atoms with Gasteiger partial charge in [-0.05, 0) is 105 Å². The lowest BCUT2D eigenvalue weighted by molar-refractivity contribution is -0.436. The molecule has 6 heteroatoms. The number of rotatable bonds is 6. The van der Waals surface area contributed by atoms with E-state index >= 15 is 0 Å². The Bertz CT molecular complexity index is 777. The van der Waals surface area contributed by atoms with E-state index in [1.807, 2.05) is 20.8 Å². The quantitative estimate of drug-likeness (QED) is 0.360. The van der Waals surface area contributed by atoms with E-state index in [0.29, 0.717) is 30.1 Å². The molecule has 196 valence electrons. The van der Waals surface area contributed by atoms with Crippen LogP contribution in [0.3, 0.4) is 0 Å². The van der Waals surface area contributed by atoms with Gasteiger partial charge in [0.05, 0.1) is 5.92 Å². The van der Waals surface area contributed by atoms with Crippen molar-refractivity contribution in [3.05, 3.63) is 0 Å². The number of carbonyl (C=O) groups is 1. The molecular weight excluding hydrogens is 432 g/mol. The van der Waals surface area contributed by atoms with Crippen LogP contribution in [0.1, 0.15) is 98.8 Å². The molecule has 0 aromatic rings. The first kappa shape index (κ1) is 26.4. The van der Waals surface area contributed by atoms with Crippen molar-refractivity contribution < 1.29 is 30.3 Å². The van der Waals surface area contributed by atoms with Crippen molar-refractivity contribution in [1.29, 1.82) is 0 Å². The molecule has 0 saturated heterocycles. The zero-order valence-corrected chi connectivity index (χ0v) is 21.8. The Balaban J connectivity index is 1.53. The van der Waals surface area contributed by atoms with Gasteiger partial charge in [0.1, 0.15) is 0 Å². The molecular formula is C28H48O6. The van der Waals surface area contributed by atoms with E-state index in [9.17, 15) is 30.3 Å². The minimum Gasteiger partial charge on any atom is -0.481 e. The summed E-state index contributed by atoms with van der Waals surface area (Å²) in [5.74, 6) is -3.75. The lowest BCUT2D eigenvalue weighted by Crippen LogP contribution is -2.73. The van der Waals surface area contributed by atoms with Crippen LogP contribution < -0.4 is 0 Å². The zero-order chi connectivity index (χ0) is 25.3. The number of aliphatic hydroxyl groups is 4. The smallest absolute Gasteiger partial charge is 0.306 e. The lowest BCUT2D eigenvalue weighted by atomic mass is 9.42. The molecule has 0 aliphatic heterocycles. The van der Waals surface area contributed by atoms with Crippen LogP contribution in [0.25, 0.3) is 0 Å². The summed E-state index contributed by atoms with van der Waals surface area (Å²) in [6, 6.07) is 0. The Morgan fingerprint density at radius 3 is 2.15 bits per heavy atom. The average Bonchev–Trinajstić information content (AvgIpc) is 3.09. The summed E-state index contributed by atoms with van der Waals surface area (Å²) in [4.78, 5) is 11.7. The molecule has 4 aliphatic rings. The molecule has 0 heterocycles. The third-order valence-corrected chi connectivity index (χ3v) is 11.9. The number of carboxylic acids is 1. The Morgan fingerprint density at radius 2 is 1.53 bits per heavy atom. The van der Waals surface area contributed by atoms with Crippen molar-refractivity contribution in [2.75, 3.05) is 0 Å². The second-order valence-electron chi connectivity index (χ2n) is 13.4. The van der Waals surface area contributed by atoms with E-state index < -0.39 is 23.0 Å². The van der Waals surface area contributed by atoms with Gasteiger partial charge in [0, 0.05) is 11.8 Å². The summed E-state index contributed by atoms with van der Waals surface area (Å²) in [5, 5.41) is 53.0. The molecule has 4 rings (SSSR count). The molecule has 0 aromatic carbocycles. The van der Waals surface area contributed by atoms with Crippen LogP contribution in [0.4, 0.5) is 0 Å². The minimum atomic E-state index is -2.51. The van der Waals surface area contributed by atoms with E-state index in [1.54, 1.807) is 0 Å². The van der Waals surface area contributed by atoms with Crippen LogP contribution in [0.2, 0.25) is 0 Å². The first-order valence-electron chi connectivity index (χ1n) is 13.8. The maximum absolute atomic E-state index is 11.7. The second kappa shape index (κ2) is 8.71. The van der Waals surface area contributed by atoms with Crippen LogP contribution in [0.5, 0.6) is 0 Å². The topological polar surface area (TPSA) is 118 Å². The summed E-state index contributed by atoms with van der Waals surface area (Å²) >= 11 is 0. The number of carboxylic acid groups (broad SMARTS) is 1. The van der Waals surface area contributed by atoms with Gasteiger partial charge in [-0.15, -0.1) is 0 Å². The van der Waals surface area contributed by atoms with Gasteiger partial charge < -0.3 is 25.5 Å². The maximum Gasteiger partial charge on any atom is 0.306 e. The standard InChI is InChI=1S/C28H48O6/c1-16(2)19(24(29)30)8-6-17(3)21-10-11-22-20-9-7-18-12-15-27(31,32)28(33,34)26(18,5)23(20)13-14-25(21,22)4/h16-23,31-34H,6-15H2,1-5H3,(H,29,30)/t17-,18-,19?,20+,21-,22+,23+,25-,26+/m1/s1. The summed E-state index contributed by atoms with van der Waals surface area (Å²) in [6.07, 6.45) is 8.47. The monoisotopic (exact) mass is 480 g/mol. The molecule has 0 aromatic heterocycles. The summed E-state index contributed by atoms with van der Waals surface area (Å²) in [5.41, 5.74) is -0.743. The van der Waals surface area contributed by atoms with Crippen LogP contribution in [0.15, 0.2) is 0 Å². The van der Waals surface area contributed by atoms with Gasteiger partial charge >= 0.3 is 5.97 Å². The summed E-state index contributed by atoms with van der Waals surface area (Å²) < 4.78 is 0. The fourth-order valence-electron chi connectivity index (χ4n) is 9.76. The predicted molar refractivity (Wildman–Crippen MR) is 129 cm³/mol. The molecule has 5 N–H and O–H groups in total. The van der Waals surface area contributed by atoms with E-state index in [1.165, 1.54) is 0 Å². The lowest BCUT2D eigenvalue weighted by Gasteiger charge is -2.65. The van der Waals surface area contributed by atoms with Crippen molar-refractivity contribution in [1.82, 2.24) is 0 Å². The molecule has 0 amide bonds. The van der Waals surface area contributed by atoms with Gasteiger partial charge in [0.25, 0.3) is 0 Å². The van der Waals surface area contributed by atoms with Gasteiger partial charge in [-0.1, -0.05) is 34.6 Å². The highest BCUT2D eigenvalue weighted by atomic mass is 16.6. The van der Waals surface area contributed by atoms with Crippen molar-refractivity contribution in [3.63, 3.8) is 0 Å². The molecule has 6 nitrogen and oxygen atoms in total. The van der Waals surface area contributed by atoms with Crippen LogP contribution in [-0.4, -0.2) is 43.1 Å². The molecule has 0 radical (unpaired) electrons. The van der Waals surface area contributed by atoms with Crippen molar-refractivity contribution >= 4 is 5.97 Å². The van der Waals surface area contributed by atoms with Gasteiger partial charge in [-0.25, -0.2) is 0 Å². The Labute approximate surface area is 205 Å². The maximum atomic E-state index is 11.7. The minimum absolute atomic E-state index is 0.00604. The zero-order valence-electron chi connectivity index (χ0n) is 21.8. The van der Waals surface area contributed by atoms with Crippen LogP contribution >= 0.6 is 0 Å². The molecule has 0 bridgehead atoms. The highest BCUT2D eigenvalue weighted by Gasteiger charge is 2.71. The van der Waals surface area contributed by atoms with E-state index in [4.69, 9.17) is 0 Å². The highest BCUT2D eigenvalue weighted by molar-refractivity contribution is 5.70. The van der Waals surface area contributed by atoms with Crippen LogP contribution in [0, 0.1) is 58.2 Å². The SMILES string of the molecule is CC(C)C(CC[C@@H](C)[C@H]1CC[C@H]2[C@@H]3CC[C@@H]4CCC(O)(O)C(O)(O)[C@]4(C)[C@H]3CC[C@]12C)C(=O)O. The third kappa shape index (κ3) is 3.69. The fourth-order valence-corrected chi connectivity index (χ4v) is 9.76. The van der Waals surface area contributed by atoms with Gasteiger partial charge in [0.2, 0.25) is 11.6 Å². The van der Waals surface area contributed by atoms with Crippen molar-refractivity contribution in [2.45, 2.75) is 110 Å². The third-order valence-electron chi connectivity index (χ3n) is 11.9. The van der Waals surface area contributed by atoms with Gasteiger partial charge in [0.15, 0.2) is 0 Å². The Kier molecular flexibility index (Phi) is 6.76. The van der Waals surface area contributed by atoms with Crippen molar-refractivity contribution in [2.24, 2.45) is 58.2 Å². The predicted octanol–water partition coefficient (Wildman–Crippen LogP) is 4.39. The molecule has 0 spiro atoms. The van der Waals surface area contributed by atoms with Gasteiger partial charge in [-0.3, -0.25) is 4.79 Å². The van der Waals surface area contributed by atoms with Crippen molar-refractivity contribution in [3.8, 4) is 0 Å². The van der Waals surface area contributed by atoms with E-state index in [2.05, 4.69) is 13.8 Å². The number of hydrogen-bond donors (Lipinski definition) is 5. The fraction of sp³-hybridized carbons (Fsp3) is 0.964. The Morgan fingerprint density at radius 1 is 0.853 bits per heavy atom. The largest absolute Gasteiger partial charge is 0.481 e. The van der Waals surface area contributed by atoms with Gasteiger partial charge in [-0.2, -0.15) is 0 Å². The molecule has 4 aliphatic carbocycles. The molecule has 4 saturated carbocycles.